The molecule has 0 heterocycles. The molecule has 0 fully saturated rings. The molecule has 1 aromatic rings. The lowest BCUT2D eigenvalue weighted by Crippen LogP contribution is -2.10. The standard InChI is InChI=1S/C11H12FIN2O/c1-15-11(4-5-14)16-7-8-2-3-9(13)6-10(8)12/h2-6,14-15H,7H2,1H3/b11-4+,14-5?. The number of benzene rings is 1. The number of nitrogens with one attached hydrogen (secondary N) is 2. The van der Waals surface area contributed by atoms with Gasteiger partial charge in [-0.1, -0.05) is 6.07 Å². The summed E-state index contributed by atoms with van der Waals surface area (Å²) in [5.41, 5.74) is 0.492. The van der Waals surface area contributed by atoms with Gasteiger partial charge in [-0.2, -0.15) is 0 Å². The lowest BCUT2D eigenvalue weighted by atomic mass is 10.2. The van der Waals surface area contributed by atoms with Gasteiger partial charge in [-0.25, -0.2) is 4.39 Å². The average molecular weight is 334 g/mol. The van der Waals surface area contributed by atoms with Gasteiger partial charge in [-0.15, -0.1) is 0 Å². The number of rotatable bonds is 5. The molecule has 86 valence electrons. The second-order valence-corrected chi connectivity index (χ2v) is 4.22. The molecule has 0 saturated carbocycles. The summed E-state index contributed by atoms with van der Waals surface area (Å²) < 4.78 is 19.6. The minimum atomic E-state index is -0.280. The van der Waals surface area contributed by atoms with Gasteiger partial charge in [0.25, 0.3) is 0 Å². The highest BCUT2D eigenvalue weighted by molar-refractivity contribution is 14.1. The Morgan fingerprint density at radius 2 is 2.38 bits per heavy atom. The zero-order valence-corrected chi connectivity index (χ0v) is 10.9. The molecule has 0 spiro atoms. The van der Waals surface area contributed by atoms with Crippen molar-refractivity contribution in [1.29, 1.82) is 5.41 Å². The fraction of sp³-hybridized carbons (Fsp3) is 0.182. The van der Waals surface area contributed by atoms with Crippen LogP contribution in [0.5, 0.6) is 0 Å². The fourth-order valence-corrected chi connectivity index (χ4v) is 1.53. The van der Waals surface area contributed by atoms with Crippen molar-refractivity contribution < 1.29 is 9.13 Å². The van der Waals surface area contributed by atoms with Crippen LogP contribution in [0.2, 0.25) is 0 Å². The third-order valence-electron chi connectivity index (χ3n) is 1.88. The Morgan fingerprint density at radius 3 is 2.94 bits per heavy atom. The van der Waals surface area contributed by atoms with Crippen molar-refractivity contribution in [2.24, 2.45) is 0 Å². The van der Waals surface area contributed by atoms with E-state index in [2.05, 4.69) is 27.9 Å². The third-order valence-corrected chi connectivity index (χ3v) is 2.55. The van der Waals surface area contributed by atoms with E-state index in [4.69, 9.17) is 10.1 Å². The number of hydrogen-bond acceptors (Lipinski definition) is 3. The van der Waals surface area contributed by atoms with Crippen molar-refractivity contribution in [3.05, 3.63) is 45.1 Å². The summed E-state index contributed by atoms with van der Waals surface area (Å²) in [6, 6.07) is 4.97. The van der Waals surface area contributed by atoms with Gasteiger partial charge in [-0.3, -0.25) is 0 Å². The summed E-state index contributed by atoms with van der Waals surface area (Å²) in [5.74, 6) is 0.158. The van der Waals surface area contributed by atoms with Gasteiger partial charge in [0, 0.05) is 28.5 Å². The molecular weight excluding hydrogens is 322 g/mol. The molecule has 16 heavy (non-hydrogen) atoms. The van der Waals surface area contributed by atoms with Crippen molar-refractivity contribution in [2.45, 2.75) is 6.61 Å². The Hall–Kier alpha value is -1.11. The predicted molar refractivity (Wildman–Crippen MR) is 69.8 cm³/mol. The number of ether oxygens (including phenoxy) is 1. The topological polar surface area (TPSA) is 45.1 Å². The van der Waals surface area contributed by atoms with Crippen LogP contribution in [0.15, 0.2) is 30.2 Å². The van der Waals surface area contributed by atoms with E-state index in [1.165, 1.54) is 12.1 Å². The van der Waals surface area contributed by atoms with Gasteiger partial charge in [0.15, 0.2) is 5.88 Å². The van der Waals surface area contributed by atoms with Gasteiger partial charge in [-0.05, 0) is 34.7 Å². The molecule has 0 aliphatic carbocycles. The molecule has 1 rings (SSSR count). The van der Waals surface area contributed by atoms with Gasteiger partial charge in [0.05, 0.1) is 0 Å². The van der Waals surface area contributed by atoms with E-state index in [0.29, 0.717) is 11.4 Å². The largest absolute Gasteiger partial charge is 0.474 e. The normalized spacial score (nSPS) is 11.1. The highest BCUT2D eigenvalue weighted by atomic mass is 127. The molecule has 0 aliphatic rings. The van der Waals surface area contributed by atoms with Crippen LogP contribution in [0.25, 0.3) is 0 Å². The summed E-state index contributed by atoms with van der Waals surface area (Å²) in [6.07, 6.45) is 2.57. The molecule has 0 bridgehead atoms. The van der Waals surface area contributed by atoms with Gasteiger partial charge >= 0.3 is 0 Å². The Labute approximate surface area is 107 Å². The van der Waals surface area contributed by atoms with Gasteiger partial charge in [0.2, 0.25) is 0 Å². The van der Waals surface area contributed by atoms with Crippen LogP contribution in [0, 0.1) is 14.8 Å². The first kappa shape index (κ1) is 13.0. The maximum absolute atomic E-state index is 13.4. The Morgan fingerprint density at radius 1 is 1.62 bits per heavy atom. The predicted octanol–water partition coefficient (Wildman–Crippen LogP) is 2.66. The van der Waals surface area contributed by atoms with Crippen molar-refractivity contribution >= 4 is 28.8 Å². The van der Waals surface area contributed by atoms with Gasteiger partial charge < -0.3 is 15.5 Å². The zero-order valence-electron chi connectivity index (χ0n) is 8.76. The first-order chi connectivity index (χ1) is 7.67. The molecule has 0 radical (unpaired) electrons. The molecule has 3 nitrogen and oxygen atoms in total. The van der Waals surface area contributed by atoms with E-state index in [0.717, 1.165) is 9.78 Å². The first-order valence-corrected chi connectivity index (χ1v) is 5.70. The summed E-state index contributed by atoms with van der Waals surface area (Å²) in [4.78, 5) is 0. The SMILES string of the molecule is CN/C(=C\C=N)OCc1ccc(I)cc1F. The first-order valence-electron chi connectivity index (χ1n) is 4.62. The molecule has 0 aliphatic heterocycles. The summed E-state index contributed by atoms with van der Waals surface area (Å²) in [6.45, 7) is 0.142. The van der Waals surface area contributed by atoms with Crippen molar-refractivity contribution in [3.8, 4) is 0 Å². The van der Waals surface area contributed by atoms with Crippen LogP contribution in [0.4, 0.5) is 4.39 Å². The van der Waals surface area contributed by atoms with Crippen molar-refractivity contribution in [3.63, 3.8) is 0 Å². The monoisotopic (exact) mass is 334 g/mol. The zero-order chi connectivity index (χ0) is 12.0. The Bertz CT molecular complexity index is 407. The molecule has 1 aromatic carbocycles. The van der Waals surface area contributed by atoms with Crippen LogP contribution in [0.3, 0.4) is 0 Å². The van der Waals surface area contributed by atoms with E-state index in [1.54, 1.807) is 13.1 Å². The lowest BCUT2D eigenvalue weighted by Gasteiger charge is -2.09. The van der Waals surface area contributed by atoms with E-state index in [9.17, 15) is 4.39 Å². The molecule has 2 N–H and O–H groups in total. The van der Waals surface area contributed by atoms with E-state index < -0.39 is 0 Å². The maximum atomic E-state index is 13.4. The van der Waals surface area contributed by atoms with Crippen LogP contribution < -0.4 is 5.32 Å². The molecule has 0 amide bonds. The second kappa shape index (κ2) is 6.47. The maximum Gasteiger partial charge on any atom is 0.188 e. The number of allylic oxidation sites excluding steroid dienone is 1. The van der Waals surface area contributed by atoms with Crippen LogP contribution >= 0.6 is 22.6 Å². The quantitative estimate of drug-likeness (QED) is 0.494. The molecule has 0 atom stereocenters. The molecule has 5 heteroatoms. The summed E-state index contributed by atoms with van der Waals surface area (Å²) >= 11 is 2.05. The fourth-order valence-electron chi connectivity index (χ4n) is 1.07. The van der Waals surface area contributed by atoms with Crippen molar-refractivity contribution in [2.75, 3.05) is 7.05 Å². The molecule has 0 unspecified atom stereocenters. The number of halogens is 2. The minimum Gasteiger partial charge on any atom is -0.474 e. The smallest absolute Gasteiger partial charge is 0.188 e. The molecular formula is C11H12FIN2O. The van der Waals surface area contributed by atoms with Gasteiger partial charge in [0.1, 0.15) is 12.4 Å². The van der Waals surface area contributed by atoms with Crippen molar-refractivity contribution in [1.82, 2.24) is 5.32 Å². The van der Waals surface area contributed by atoms with Crippen LogP contribution in [-0.4, -0.2) is 13.3 Å². The summed E-state index contributed by atoms with van der Waals surface area (Å²) in [7, 11) is 1.68. The van der Waals surface area contributed by atoms with E-state index in [-0.39, 0.29) is 12.4 Å². The Kier molecular flexibility index (Phi) is 5.24. The summed E-state index contributed by atoms with van der Waals surface area (Å²) in [5, 5.41) is 9.66. The second-order valence-electron chi connectivity index (χ2n) is 2.97. The Balaban J connectivity index is 2.67. The van der Waals surface area contributed by atoms with E-state index >= 15 is 0 Å². The highest BCUT2D eigenvalue weighted by Gasteiger charge is 2.03. The van der Waals surface area contributed by atoms with E-state index in [1.807, 2.05) is 6.07 Å². The lowest BCUT2D eigenvalue weighted by molar-refractivity contribution is 0.179. The number of hydrogen-bond donors (Lipinski definition) is 2. The molecule has 0 aromatic heterocycles. The van der Waals surface area contributed by atoms with Crippen LogP contribution in [-0.2, 0) is 11.3 Å². The highest BCUT2D eigenvalue weighted by Crippen LogP contribution is 2.13. The average Bonchev–Trinajstić information content (AvgIpc) is 2.26. The van der Waals surface area contributed by atoms with Crippen LogP contribution in [0.1, 0.15) is 5.56 Å². The minimum absolute atomic E-state index is 0.142. The third kappa shape index (κ3) is 3.80. The molecule has 0 saturated heterocycles.